The predicted molar refractivity (Wildman–Crippen MR) is 233 cm³/mol. The number of allylic oxidation sites excluding steroid dienone is 1. The summed E-state index contributed by atoms with van der Waals surface area (Å²) in [6, 6.07) is 0. The Labute approximate surface area is 366 Å². The highest BCUT2D eigenvalue weighted by atomic mass is 16.7. The molecule has 4 N–H and O–H groups in total. The van der Waals surface area contributed by atoms with Gasteiger partial charge in [-0.1, -0.05) is 65.5 Å². The number of amides is 2. The Hall–Kier alpha value is -2.13. The number of ether oxygens (including phenoxy) is 6. The van der Waals surface area contributed by atoms with E-state index in [0.717, 1.165) is 54.8 Å². The Morgan fingerprint density at radius 2 is 1.57 bits per heavy atom. The van der Waals surface area contributed by atoms with E-state index in [2.05, 4.69) is 51.3 Å². The number of aliphatic hydroxyl groups excluding tert-OH is 2. The van der Waals surface area contributed by atoms with Crippen molar-refractivity contribution in [2.24, 2.45) is 46.3 Å². The van der Waals surface area contributed by atoms with Crippen LogP contribution in [0.2, 0.25) is 0 Å². The number of ketones is 1. The van der Waals surface area contributed by atoms with E-state index in [-0.39, 0.29) is 30.1 Å². The highest BCUT2D eigenvalue weighted by molar-refractivity contribution is 5.87. The van der Waals surface area contributed by atoms with Gasteiger partial charge in [0.25, 0.3) is 0 Å². The van der Waals surface area contributed by atoms with Gasteiger partial charge < -0.3 is 49.3 Å². The van der Waals surface area contributed by atoms with Gasteiger partial charge in [-0.25, -0.2) is 4.79 Å². The monoisotopic (exact) mass is 863 g/mol. The quantitative estimate of drug-likeness (QED) is 0.0556. The highest BCUT2D eigenvalue weighted by Crippen LogP contribution is 2.67. The Morgan fingerprint density at radius 3 is 2.33 bits per heavy atom. The number of aliphatic hydroxyl groups is 2. The van der Waals surface area contributed by atoms with Gasteiger partial charge in [0, 0.05) is 32.5 Å². The first-order chi connectivity index (χ1) is 29.2. The van der Waals surface area contributed by atoms with Crippen molar-refractivity contribution >= 4 is 17.8 Å². The summed E-state index contributed by atoms with van der Waals surface area (Å²) in [5, 5.41) is 25.2. The number of alkyl carbamates (subject to hydrolysis) is 1. The standard InChI is InChI=1S/C48H82N2O11/c1-32(2)11-9-12-33(3)38-16-17-39-37-15-14-35-31-36(18-20-47(35,5)40(37)19-21-48(38,39)6)61-46(55)50-22-10-24-56-27-29-58-30-28-57-26-23-49-41(51)13-7-8-25-59-45-44(54)43(53)42(52)34(4)60-45/h14,32-34,36-40,42-43,45,52-53H,7-13,15-31H2,1-6H3,(H,49,51)(H,50,55). The molecule has 5 rings (SSSR count). The molecular formula is C48H82N2O11. The maximum absolute atomic E-state index is 12.7. The number of nitrogens with one attached hydrogen (secondary N) is 2. The van der Waals surface area contributed by atoms with Gasteiger partial charge in [-0.05, 0) is 117 Å². The van der Waals surface area contributed by atoms with E-state index in [9.17, 15) is 24.6 Å². The molecule has 0 aromatic heterocycles. The van der Waals surface area contributed by atoms with Crippen LogP contribution in [0.15, 0.2) is 11.6 Å². The molecule has 1 aliphatic heterocycles. The van der Waals surface area contributed by atoms with Crippen LogP contribution in [0.25, 0.3) is 0 Å². The zero-order valence-electron chi connectivity index (χ0n) is 38.5. The Kier molecular flexibility index (Phi) is 19.8. The zero-order chi connectivity index (χ0) is 44.0. The van der Waals surface area contributed by atoms with E-state index in [1.165, 1.54) is 51.4 Å². The van der Waals surface area contributed by atoms with Crippen molar-refractivity contribution in [2.75, 3.05) is 59.3 Å². The minimum Gasteiger partial charge on any atom is -0.446 e. The highest BCUT2D eigenvalue weighted by Gasteiger charge is 2.59. The first-order valence-electron chi connectivity index (χ1n) is 24.1. The van der Waals surface area contributed by atoms with Gasteiger partial charge in [-0.2, -0.15) is 0 Å². The average molecular weight is 863 g/mol. The lowest BCUT2D eigenvalue weighted by Crippen LogP contribution is -2.54. The minimum atomic E-state index is -1.52. The smallest absolute Gasteiger partial charge is 0.407 e. The number of hydrogen-bond acceptors (Lipinski definition) is 11. The molecule has 3 saturated carbocycles. The average Bonchev–Trinajstić information content (AvgIpc) is 3.59. The normalized spacial score (nSPS) is 34.0. The number of unbranched alkanes of at least 4 members (excludes halogenated alkanes) is 1. The topological polar surface area (TPSA) is 171 Å². The van der Waals surface area contributed by atoms with Crippen LogP contribution in [-0.2, 0) is 38.0 Å². The van der Waals surface area contributed by atoms with Crippen LogP contribution in [0.3, 0.4) is 0 Å². The minimum absolute atomic E-state index is 0.0526. The molecule has 5 aliphatic rings. The molecule has 350 valence electrons. The van der Waals surface area contributed by atoms with Crippen molar-refractivity contribution in [3.05, 3.63) is 11.6 Å². The summed E-state index contributed by atoms with van der Waals surface area (Å²) in [6.07, 6.45) is 13.4. The zero-order valence-corrected chi connectivity index (χ0v) is 38.5. The van der Waals surface area contributed by atoms with Crippen molar-refractivity contribution < 1.29 is 53.0 Å². The van der Waals surface area contributed by atoms with Gasteiger partial charge in [0.05, 0.1) is 45.7 Å². The van der Waals surface area contributed by atoms with Crippen LogP contribution in [0.4, 0.5) is 4.79 Å². The number of hydrogen-bond donors (Lipinski definition) is 4. The van der Waals surface area contributed by atoms with Gasteiger partial charge in [0.1, 0.15) is 18.3 Å². The second-order valence-electron chi connectivity index (χ2n) is 19.9. The summed E-state index contributed by atoms with van der Waals surface area (Å²) in [4.78, 5) is 36.7. The molecule has 4 fully saturated rings. The van der Waals surface area contributed by atoms with E-state index >= 15 is 0 Å². The summed E-state index contributed by atoms with van der Waals surface area (Å²) in [7, 11) is 0. The van der Waals surface area contributed by atoms with Gasteiger partial charge in [-0.3, -0.25) is 9.59 Å². The van der Waals surface area contributed by atoms with Crippen LogP contribution in [0, 0.1) is 46.3 Å². The fraction of sp³-hybridized carbons (Fsp3) is 0.896. The van der Waals surface area contributed by atoms with Crippen molar-refractivity contribution in [3.63, 3.8) is 0 Å². The molecule has 4 aliphatic carbocycles. The SMILES string of the molecule is CC(C)CCCC(C)C1CCC2C3CC=C4CC(OC(=O)NCCCOCCOCCOCCNC(=O)CCCCOC5OC(C)C(O)C(O)C5=O)CCC4(C)C3CCC12C. The summed E-state index contributed by atoms with van der Waals surface area (Å²) in [5.41, 5.74) is 2.29. The molecule has 13 heteroatoms. The Balaban J connectivity index is 0.830. The molecule has 2 amide bonds. The molecule has 12 atom stereocenters. The first-order valence-corrected chi connectivity index (χ1v) is 24.1. The molecule has 61 heavy (non-hydrogen) atoms. The molecular weight excluding hydrogens is 781 g/mol. The molecule has 0 radical (unpaired) electrons. The lowest BCUT2D eigenvalue weighted by atomic mass is 9.47. The number of fused-ring (bicyclic) bond motifs is 5. The lowest BCUT2D eigenvalue weighted by molar-refractivity contribution is -0.231. The molecule has 0 aromatic carbocycles. The number of Topliss-reactive ketones (excluding diaryl/α,β-unsaturated/α-hetero) is 1. The van der Waals surface area contributed by atoms with E-state index in [1.807, 2.05) is 0 Å². The van der Waals surface area contributed by atoms with Gasteiger partial charge in [0.2, 0.25) is 18.0 Å². The van der Waals surface area contributed by atoms with Crippen molar-refractivity contribution in [2.45, 2.75) is 169 Å². The van der Waals surface area contributed by atoms with Crippen LogP contribution in [-0.4, -0.2) is 118 Å². The maximum Gasteiger partial charge on any atom is 0.407 e. The second-order valence-corrected chi connectivity index (χ2v) is 19.9. The first kappa shape index (κ1) is 49.9. The number of rotatable bonds is 25. The number of carbonyl (C=O) groups excluding carboxylic acids is 3. The second kappa shape index (κ2) is 24.2. The van der Waals surface area contributed by atoms with Crippen molar-refractivity contribution in [3.8, 4) is 0 Å². The number of carbonyl (C=O) groups is 3. The lowest BCUT2D eigenvalue weighted by Gasteiger charge is -2.58. The molecule has 1 heterocycles. The summed E-state index contributed by atoms with van der Waals surface area (Å²) < 4.78 is 33.4. The maximum atomic E-state index is 12.7. The third-order valence-electron chi connectivity index (χ3n) is 15.3. The van der Waals surface area contributed by atoms with Crippen LogP contribution in [0.5, 0.6) is 0 Å². The molecule has 0 spiro atoms. The van der Waals surface area contributed by atoms with Crippen LogP contribution in [0.1, 0.15) is 138 Å². The van der Waals surface area contributed by atoms with E-state index in [0.29, 0.717) is 83.8 Å². The van der Waals surface area contributed by atoms with Crippen LogP contribution >= 0.6 is 0 Å². The molecule has 1 saturated heterocycles. The van der Waals surface area contributed by atoms with E-state index in [4.69, 9.17) is 28.4 Å². The fourth-order valence-electron chi connectivity index (χ4n) is 11.8. The van der Waals surface area contributed by atoms with Crippen molar-refractivity contribution in [1.82, 2.24) is 10.6 Å². The molecule has 13 nitrogen and oxygen atoms in total. The van der Waals surface area contributed by atoms with Crippen LogP contribution < -0.4 is 10.6 Å². The summed E-state index contributed by atoms with van der Waals surface area (Å²) >= 11 is 0. The molecule has 0 aromatic rings. The third kappa shape index (κ3) is 13.7. The molecule has 12 unspecified atom stereocenters. The van der Waals surface area contributed by atoms with E-state index in [1.54, 1.807) is 12.5 Å². The van der Waals surface area contributed by atoms with Gasteiger partial charge in [0.15, 0.2) is 0 Å². The predicted octanol–water partition coefficient (Wildman–Crippen LogP) is 6.90. The fourth-order valence-corrected chi connectivity index (χ4v) is 11.8. The third-order valence-corrected chi connectivity index (χ3v) is 15.3. The van der Waals surface area contributed by atoms with E-state index < -0.39 is 30.4 Å². The van der Waals surface area contributed by atoms with Gasteiger partial charge in [-0.15, -0.1) is 0 Å². The van der Waals surface area contributed by atoms with Gasteiger partial charge >= 0.3 is 6.09 Å². The Bertz CT molecular complexity index is 1410. The Morgan fingerprint density at radius 1 is 0.836 bits per heavy atom. The largest absolute Gasteiger partial charge is 0.446 e. The van der Waals surface area contributed by atoms with Crippen molar-refractivity contribution in [1.29, 1.82) is 0 Å². The summed E-state index contributed by atoms with van der Waals surface area (Å²) in [5.74, 6) is 4.13. The summed E-state index contributed by atoms with van der Waals surface area (Å²) in [6.45, 7) is 17.7. The molecule has 0 bridgehead atoms.